The highest BCUT2D eigenvalue weighted by molar-refractivity contribution is 7.93. The van der Waals surface area contributed by atoms with Crippen molar-refractivity contribution >= 4 is 21.7 Å². The zero-order valence-electron chi connectivity index (χ0n) is 9.50. The first-order chi connectivity index (χ1) is 8.47. The van der Waals surface area contributed by atoms with E-state index in [0.29, 0.717) is 24.3 Å². The third-order valence-electron chi connectivity index (χ3n) is 2.44. The van der Waals surface area contributed by atoms with Gasteiger partial charge in [-0.3, -0.25) is 4.72 Å². The van der Waals surface area contributed by atoms with Gasteiger partial charge in [-0.15, -0.1) is 0 Å². The summed E-state index contributed by atoms with van der Waals surface area (Å²) in [6, 6.07) is 6.12. The van der Waals surface area contributed by atoms with Crippen LogP contribution in [0, 0.1) is 0 Å². The Kier molecular flexibility index (Phi) is 3.42. The summed E-state index contributed by atoms with van der Waals surface area (Å²) in [5.41, 5.74) is 0.449. The Hall–Kier alpha value is -1.76. The first kappa shape index (κ1) is 12.7. The van der Waals surface area contributed by atoms with Crippen LogP contribution in [0.4, 0.5) is 5.69 Å². The molecule has 0 bridgehead atoms. The number of ether oxygens (including phenoxy) is 1. The molecule has 0 aromatic heterocycles. The molecular weight excluding hydrogens is 258 g/mol. The summed E-state index contributed by atoms with van der Waals surface area (Å²) in [6.45, 7) is -0.423. The number of hydrogen-bond donors (Lipinski definition) is 2. The smallest absolute Gasteiger partial charge is 0.341 e. The van der Waals surface area contributed by atoms with Crippen LogP contribution in [0.15, 0.2) is 24.3 Å². The maximum atomic E-state index is 11.6. The van der Waals surface area contributed by atoms with Gasteiger partial charge in [-0.05, 0) is 37.1 Å². The average molecular weight is 271 g/mol. The van der Waals surface area contributed by atoms with Gasteiger partial charge in [-0.25, -0.2) is 13.2 Å². The molecule has 1 aromatic rings. The number of carboxylic acids is 1. The minimum atomic E-state index is -3.26. The van der Waals surface area contributed by atoms with Crippen molar-refractivity contribution in [3.05, 3.63) is 24.3 Å². The molecule has 0 saturated heterocycles. The summed E-state index contributed by atoms with van der Waals surface area (Å²) in [6.07, 6.45) is 1.41. The third-order valence-corrected chi connectivity index (χ3v) is 4.31. The van der Waals surface area contributed by atoms with Crippen LogP contribution in [0.25, 0.3) is 0 Å². The van der Waals surface area contributed by atoms with Crippen LogP contribution in [0.1, 0.15) is 12.8 Å². The number of benzene rings is 1. The molecule has 98 valence electrons. The Labute approximate surface area is 105 Å². The van der Waals surface area contributed by atoms with Crippen molar-refractivity contribution in [2.24, 2.45) is 0 Å². The third kappa shape index (κ3) is 3.36. The summed E-state index contributed by atoms with van der Waals surface area (Å²) in [7, 11) is -3.26. The van der Waals surface area contributed by atoms with Crippen molar-refractivity contribution in [2.75, 3.05) is 11.3 Å². The molecule has 1 fully saturated rings. The molecule has 0 amide bonds. The second kappa shape index (κ2) is 4.85. The molecule has 1 saturated carbocycles. The topological polar surface area (TPSA) is 92.7 Å². The molecule has 7 heteroatoms. The van der Waals surface area contributed by atoms with Gasteiger partial charge in [0.05, 0.1) is 5.25 Å². The molecular formula is C11H13NO5S. The average Bonchev–Trinajstić information content (AvgIpc) is 3.11. The van der Waals surface area contributed by atoms with E-state index in [9.17, 15) is 13.2 Å². The summed E-state index contributed by atoms with van der Waals surface area (Å²) < 4.78 is 30.7. The summed E-state index contributed by atoms with van der Waals surface area (Å²) in [5.74, 6) is -0.680. The predicted octanol–water partition coefficient (Wildman–Crippen LogP) is 1.05. The lowest BCUT2D eigenvalue weighted by Gasteiger charge is -2.08. The standard InChI is InChI=1S/C11H13NO5S/c13-11(14)7-17-9-3-1-8(2-4-9)12-18(15,16)10-5-6-10/h1-4,10,12H,5-7H2,(H,13,14). The Morgan fingerprint density at radius 2 is 1.94 bits per heavy atom. The van der Waals surface area contributed by atoms with E-state index in [2.05, 4.69) is 4.72 Å². The summed E-state index contributed by atoms with van der Waals surface area (Å²) in [5, 5.41) is 8.16. The van der Waals surface area contributed by atoms with Crippen LogP contribution in [0.3, 0.4) is 0 Å². The molecule has 0 atom stereocenters. The Balaban J connectivity index is 1.97. The zero-order valence-corrected chi connectivity index (χ0v) is 10.3. The maximum Gasteiger partial charge on any atom is 0.341 e. The van der Waals surface area contributed by atoms with Gasteiger partial charge in [0.15, 0.2) is 6.61 Å². The first-order valence-corrected chi connectivity index (χ1v) is 6.98. The van der Waals surface area contributed by atoms with Crippen molar-refractivity contribution in [1.29, 1.82) is 0 Å². The number of nitrogens with one attached hydrogen (secondary N) is 1. The van der Waals surface area contributed by atoms with Crippen LogP contribution in [-0.2, 0) is 14.8 Å². The molecule has 0 spiro atoms. The number of carbonyl (C=O) groups is 1. The molecule has 1 aliphatic carbocycles. The summed E-state index contributed by atoms with van der Waals surface area (Å²) in [4.78, 5) is 10.3. The van der Waals surface area contributed by atoms with Crippen LogP contribution < -0.4 is 9.46 Å². The number of hydrogen-bond acceptors (Lipinski definition) is 4. The Bertz CT molecular complexity index is 533. The lowest BCUT2D eigenvalue weighted by Crippen LogP contribution is -2.17. The van der Waals surface area contributed by atoms with E-state index in [0.717, 1.165) is 0 Å². The number of carboxylic acid groups (broad SMARTS) is 1. The fourth-order valence-electron chi connectivity index (χ4n) is 1.39. The van der Waals surface area contributed by atoms with Gasteiger partial charge in [-0.2, -0.15) is 0 Å². The molecule has 18 heavy (non-hydrogen) atoms. The molecule has 2 rings (SSSR count). The maximum absolute atomic E-state index is 11.6. The van der Waals surface area contributed by atoms with E-state index in [1.165, 1.54) is 24.3 Å². The second-order valence-corrected chi connectivity index (χ2v) is 6.01. The molecule has 6 nitrogen and oxygen atoms in total. The highest BCUT2D eigenvalue weighted by Gasteiger charge is 2.35. The molecule has 1 aromatic carbocycles. The molecule has 0 heterocycles. The van der Waals surface area contributed by atoms with Gasteiger partial charge < -0.3 is 9.84 Å². The fraction of sp³-hybridized carbons (Fsp3) is 0.364. The molecule has 0 unspecified atom stereocenters. The van der Waals surface area contributed by atoms with Crippen LogP contribution in [0.5, 0.6) is 5.75 Å². The number of anilines is 1. The molecule has 1 aliphatic rings. The van der Waals surface area contributed by atoms with Gasteiger partial charge in [0.25, 0.3) is 0 Å². The highest BCUT2D eigenvalue weighted by atomic mass is 32.2. The van der Waals surface area contributed by atoms with E-state index in [1.807, 2.05) is 0 Å². The van der Waals surface area contributed by atoms with Gasteiger partial charge >= 0.3 is 5.97 Å². The Morgan fingerprint density at radius 3 is 2.44 bits per heavy atom. The van der Waals surface area contributed by atoms with Crippen molar-refractivity contribution < 1.29 is 23.1 Å². The van der Waals surface area contributed by atoms with Crippen molar-refractivity contribution in [2.45, 2.75) is 18.1 Å². The van der Waals surface area contributed by atoms with Crippen LogP contribution in [0.2, 0.25) is 0 Å². The van der Waals surface area contributed by atoms with Crippen LogP contribution >= 0.6 is 0 Å². The normalized spacial score (nSPS) is 15.1. The van der Waals surface area contributed by atoms with Gasteiger partial charge in [0, 0.05) is 5.69 Å². The number of aliphatic carboxylic acids is 1. The highest BCUT2D eigenvalue weighted by Crippen LogP contribution is 2.30. The largest absolute Gasteiger partial charge is 0.482 e. The monoisotopic (exact) mass is 271 g/mol. The van der Waals surface area contributed by atoms with E-state index in [-0.39, 0.29) is 5.25 Å². The lowest BCUT2D eigenvalue weighted by molar-refractivity contribution is -0.139. The number of rotatable bonds is 6. The lowest BCUT2D eigenvalue weighted by atomic mass is 10.3. The quantitative estimate of drug-likeness (QED) is 0.806. The van der Waals surface area contributed by atoms with E-state index >= 15 is 0 Å². The van der Waals surface area contributed by atoms with E-state index in [1.54, 1.807) is 0 Å². The summed E-state index contributed by atoms with van der Waals surface area (Å²) >= 11 is 0. The van der Waals surface area contributed by atoms with Gasteiger partial charge in [-0.1, -0.05) is 0 Å². The SMILES string of the molecule is O=C(O)COc1ccc(NS(=O)(=O)C2CC2)cc1. The molecule has 2 N–H and O–H groups in total. The van der Waals surface area contributed by atoms with E-state index in [4.69, 9.17) is 9.84 Å². The molecule has 0 aliphatic heterocycles. The minimum Gasteiger partial charge on any atom is -0.482 e. The van der Waals surface area contributed by atoms with Crippen molar-refractivity contribution in [3.8, 4) is 5.75 Å². The Morgan fingerprint density at radius 1 is 1.33 bits per heavy atom. The predicted molar refractivity (Wildman–Crippen MR) is 65.1 cm³/mol. The van der Waals surface area contributed by atoms with E-state index < -0.39 is 22.6 Å². The molecule has 0 radical (unpaired) electrons. The minimum absolute atomic E-state index is 0.277. The van der Waals surface area contributed by atoms with Crippen LogP contribution in [-0.4, -0.2) is 31.4 Å². The van der Waals surface area contributed by atoms with Gasteiger partial charge in [0.1, 0.15) is 5.75 Å². The van der Waals surface area contributed by atoms with Crippen molar-refractivity contribution in [1.82, 2.24) is 0 Å². The number of sulfonamides is 1. The fourth-order valence-corrected chi connectivity index (χ4v) is 2.78. The second-order valence-electron chi connectivity index (χ2n) is 4.05. The van der Waals surface area contributed by atoms with Crippen molar-refractivity contribution in [3.63, 3.8) is 0 Å². The zero-order chi connectivity index (χ0) is 13.2. The first-order valence-electron chi connectivity index (χ1n) is 5.44. The van der Waals surface area contributed by atoms with Gasteiger partial charge in [0.2, 0.25) is 10.0 Å².